The van der Waals surface area contributed by atoms with E-state index in [9.17, 15) is 9.59 Å². The first-order valence-corrected chi connectivity index (χ1v) is 4.86. The third-order valence-electron chi connectivity index (χ3n) is 1.35. The summed E-state index contributed by atoms with van der Waals surface area (Å²) in [4.78, 5) is 22.2. The Bertz CT molecular complexity index is 308. The molecule has 0 atom stereocenters. The first-order valence-electron chi connectivity index (χ1n) is 4.05. The lowest BCUT2D eigenvalue weighted by Crippen LogP contribution is -2.00. The molecule has 0 amide bonds. The quantitative estimate of drug-likeness (QED) is 0.426. The van der Waals surface area contributed by atoms with Crippen molar-refractivity contribution in [1.82, 2.24) is 0 Å². The molecule has 0 heterocycles. The molecule has 1 rings (SSSR count). The van der Waals surface area contributed by atoms with Crippen LogP contribution in [-0.4, -0.2) is 11.1 Å². The van der Waals surface area contributed by atoms with Gasteiger partial charge in [-0.3, -0.25) is 9.59 Å². The molecule has 4 heteroatoms. The molecule has 0 aliphatic carbocycles. The largest absolute Gasteiger partial charge is 0.427 e. The second-order valence-electron chi connectivity index (χ2n) is 2.66. The Hall–Kier alpha value is -1.29. The van der Waals surface area contributed by atoms with E-state index in [0.29, 0.717) is 5.75 Å². The summed E-state index contributed by atoms with van der Waals surface area (Å²) in [5.74, 6) is 0.141. The van der Waals surface area contributed by atoms with E-state index in [2.05, 4.69) is 0 Å². The summed E-state index contributed by atoms with van der Waals surface area (Å²) in [6.45, 7) is 2.85. The van der Waals surface area contributed by atoms with Gasteiger partial charge in [0.05, 0.1) is 0 Å². The van der Waals surface area contributed by atoms with E-state index in [4.69, 9.17) is 4.74 Å². The highest BCUT2D eigenvalue weighted by Crippen LogP contribution is 2.21. The van der Waals surface area contributed by atoms with Crippen molar-refractivity contribution in [3.05, 3.63) is 24.3 Å². The number of rotatable bonds is 2. The molecule has 1 aromatic rings. The lowest BCUT2D eigenvalue weighted by Gasteiger charge is -2.01. The number of carbonyl (C=O) groups is 2. The minimum absolute atomic E-state index is 0.0326. The molecular weight excluding hydrogens is 200 g/mol. The molecule has 0 aliphatic heterocycles. The fraction of sp³-hybridized carbons (Fsp3) is 0.200. The molecule has 1 aromatic carbocycles. The van der Waals surface area contributed by atoms with E-state index in [1.54, 1.807) is 24.3 Å². The minimum Gasteiger partial charge on any atom is -0.427 e. The number of esters is 1. The van der Waals surface area contributed by atoms with Gasteiger partial charge in [-0.25, -0.2) is 0 Å². The van der Waals surface area contributed by atoms with Crippen LogP contribution in [0.4, 0.5) is 0 Å². The molecule has 0 aliphatic rings. The summed E-state index contributed by atoms with van der Waals surface area (Å²) < 4.78 is 4.84. The van der Waals surface area contributed by atoms with Crippen molar-refractivity contribution in [2.75, 3.05) is 0 Å². The van der Waals surface area contributed by atoms with Crippen molar-refractivity contribution in [2.24, 2.45) is 0 Å². The summed E-state index contributed by atoms with van der Waals surface area (Å²) in [5, 5.41) is 0.0326. The second kappa shape index (κ2) is 4.81. The monoisotopic (exact) mass is 210 g/mol. The van der Waals surface area contributed by atoms with Crippen molar-refractivity contribution in [2.45, 2.75) is 18.7 Å². The maximum atomic E-state index is 10.8. The van der Waals surface area contributed by atoms with Gasteiger partial charge in [-0.05, 0) is 24.3 Å². The third kappa shape index (κ3) is 3.62. The van der Waals surface area contributed by atoms with E-state index in [0.717, 1.165) is 16.7 Å². The van der Waals surface area contributed by atoms with E-state index < -0.39 is 0 Å². The smallest absolute Gasteiger partial charge is 0.308 e. The molecule has 0 unspecified atom stereocenters. The van der Waals surface area contributed by atoms with Crippen LogP contribution >= 0.6 is 11.8 Å². The zero-order valence-corrected chi connectivity index (χ0v) is 8.76. The van der Waals surface area contributed by atoms with Crippen LogP contribution in [0.3, 0.4) is 0 Å². The highest BCUT2D eigenvalue weighted by molar-refractivity contribution is 8.13. The second-order valence-corrected chi connectivity index (χ2v) is 3.91. The lowest BCUT2D eigenvalue weighted by atomic mass is 10.3. The van der Waals surface area contributed by atoms with Crippen LogP contribution in [0.2, 0.25) is 0 Å². The fourth-order valence-corrected chi connectivity index (χ4v) is 1.51. The van der Waals surface area contributed by atoms with Gasteiger partial charge in [0.1, 0.15) is 5.75 Å². The van der Waals surface area contributed by atoms with Gasteiger partial charge in [0.25, 0.3) is 0 Å². The van der Waals surface area contributed by atoms with Crippen molar-refractivity contribution < 1.29 is 14.3 Å². The number of ether oxygens (including phenoxy) is 1. The van der Waals surface area contributed by atoms with E-state index >= 15 is 0 Å². The van der Waals surface area contributed by atoms with E-state index in [1.165, 1.54) is 13.8 Å². The fourth-order valence-electron chi connectivity index (χ4n) is 0.908. The van der Waals surface area contributed by atoms with Crippen LogP contribution in [0.15, 0.2) is 29.2 Å². The molecule has 74 valence electrons. The minimum atomic E-state index is -0.350. The highest BCUT2D eigenvalue weighted by Gasteiger charge is 2.00. The Morgan fingerprint density at radius 2 is 1.71 bits per heavy atom. The lowest BCUT2D eigenvalue weighted by molar-refractivity contribution is -0.131. The number of hydrogen-bond donors (Lipinski definition) is 0. The maximum Gasteiger partial charge on any atom is 0.308 e. The average Bonchev–Trinajstić information content (AvgIpc) is 2.06. The van der Waals surface area contributed by atoms with Gasteiger partial charge in [0, 0.05) is 18.7 Å². The van der Waals surface area contributed by atoms with Gasteiger partial charge in [-0.2, -0.15) is 0 Å². The van der Waals surface area contributed by atoms with Gasteiger partial charge >= 0.3 is 5.97 Å². The van der Waals surface area contributed by atoms with Crippen molar-refractivity contribution in [1.29, 1.82) is 0 Å². The van der Waals surface area contributed by atoms with E-state index in [1.807, 2.05) is 0 Å². The maximum absolute atomic E-state index is 10.8. The molecule has 0 saturated carbocycles. The number of benzene rings is 1. The summed E-state index contributed by atoms with van der Waals surface area (Å²) in [6, 6.07) is 6.80. The Morgan fingerprint density at radius 3 is 2.14 bits per heavy atom. The Morgan fingerprint density at radius 1 is 1.14 bits per heavy atom. The molecule has 0 saturated heterocycles. The standard InChI is InChI=1S/C10H10O3S/c1-7(11)13-9-3-5-10(6-4-9)14-8(2)12/h3-6H,1-2H3. The summed E-state index contributed by atoms with van der Waals surface area (Å²) in [5.41, 5.74) is 0. The van der Waals surface area contributed by atoms with Crippen LogP contribution in [0.1, 0.15) is 13.8 Å². The molecule has 14 heavy (non-hydrogen) atoms. The number of hydrogen-bond acceptors (Lipinski definition) is 4. The molecule has 0 N–H and O–H groups in total. The van der Waals surface area contributed by atoms with Crippen LogP contribution in [0, 0.1) is 0 Å². The van der Waals surface area contributed by atoms with Gasteiger partial charge < -0.3 is 4.74 Å². The molecule has 3 nitrogen and oxygen atoms in total. The number of thioether (sulfide) groups is 1. The molecule has 0 bridgehead atoms. The van der Waals surface area contributed by atoms with Gasteiger partial charge in [0.15, 0.2) is 5.12 Å². The normalized spacial score (nSPS) is 9.57. The highest BCUT2D eigenvalue weighted by atomic mass is 32.2. The SMILES string of the molecule is CC(=O)Oc1ccc(SC(C)=O)cc1. The van der Waals surface area contributed by atoms with Crippen molar-refractivity contribution >= 4 is 22.8 Å². The van der Waals surface area contributed by atoms with E-state index in [-0.39, 0.29) is 11.1 Å². The first-order chi connectivity index (χ1) is 6.58. The first kappa shape index (κ1) is 10.8. The summed E-state index contributed by atoms with van der Waals surface area (Å²) >= 11 is 1.15. The van der Waals surface area contributed by atoms with Gasteiger partial charge in [-0.15, -0.1) is 0 Å². The molecule has 0 radical (unpaired) electrons. The Labute approximate surface area is 86.5 Å². The molecule has 0 spiro atoms. The number of carbonyl (C=O) groups excluding carboxylic acids is 2. The van der Waals surface area contributed by atoms with Crippen molar-refractivity contribution in [3.63, 3.8) is 0 Å². The van der Waals surface area contributed by atoms with Crippen LogP contribution in [0.25, 0.3) is 0 Å². The topological polar surface area (TPSA) is 43.4 Å². The molecule has 0 fully saturated rings. The molecule has 0 aromatic heterocycles. The third-order valence-corrected chi connectivity index (χ3v) is 2.14. The van der Waals surface area contributed by atoms with Crippen LogP contribution < -0.4 is 4.74 Å². The van der Waals surface area contributed by atoms with Crippen molar-refractivity contribution in [3.8, 4) is 5.75 Å². The Kier molecular flexibility index (Phi) is 3.71. The predicted octanol–water partition coefficient (Wildman–Crippen LogP) is 2.25. The summed E-state index contributed by atoms with van der Waals surface area (Å²) in [6.07, 6.45) is 0. The van der Waals surface area contributed by atoms with Gasteiger partial charge in [0.2, 0.25) is 0 Å². The Balaban J connectivity index is 2.68. The van der Waals surface area contributed by atoms with Crippen LogP contribution in [0.5, 0.6) is 5.75 Å². The zero-order valence-electron chi connectivity index (χ0n) is 7.94. The zero-order chi connectivity index (χ0) is 10.6. The summed E-state index contributed by atoms with van der Waals surface area (Å²) in [7, 11) is 0. The predicted molar refractivity (Wildman–Crippen MR) is 54.3 cm³/mol. The van der Waals surface area contributed by atoms with Gasteiger partial charge in [-0.1, -0.05) is 11.8 Å². The molecular formula is C10H10O3S. The van der Waals surface area contributed by atoms with Crippen LogP contribution in [-0.2, 0) is 9.59 Å². The average molecular weight is 210 g/mol.